The number of ketones is 1. The molecule has 5 heteroatoms. The van der Waals surface area contributed by atoms with E-state index in [9.17, 15) is 9.59 Å². The third kappa shape index (κ3) is 3.39. The SMILES string of the molecule is O=C(COC(=O)c1ccc2ncccc2c1Cl)c1ccc2ccccc2c1. The first kappa shape index (κ1) is 17.2. The summed E-state index contributed by atoms with van der Waals surface area (Å²) < 4.78 is 5.19. The number of ether oxygens (including phenoxy) is 1. The highest BCUT2D eigenvalue weighted by molar-refractivity contribution is 6.38. The van der Waals surface area contributed by atoms with E-state index in [1.54, 1.807) is 42.6 Å². The highest BCUT2D eigenvalue weighted by atomic mass is 35.5. The first-order valence-corrected chi connectivity index (χ1v) is 8.73. The van der Waals surface area contributed by atoms with Gasteiger partial charge in [0.05, 0.1) is 16.1 Å². The fraction of sp³-hybridized carbons (Fsp3) is 0.0455. The van der Waals surface area contributed by atoms with Gasteiger partial charge < -0.3 is 4.74 Å². The molecule has 4 nitrogen and oxygen atoms in total. The van der Waals surface area contributed by atoms with Crippen LogP contribution in [0.4, 0.5) is 0 Å². The van der Waals surface area contributed by atoms with E-state index in [1.165, 1.54) is 0 Å². The largest absolute Gasteiger partial charge is 0.454 e. The molecule has 3 aromatic carbocycles. The maximum atomic E-state index is 12.4. The number of nitrogens with zero attached hydrogens (tertiary/aromatic N) is 1. The van der Waals surface area contributed by atoms with E-state index in [0.717, 1.165) is 10.8 Å². The standard InChI is InChI=1S/C22H14ClNO3/c23-21-17-6-3-11-24-19(17)10-9-18(21)22(26)27-13-20(25)16-8-7-14-4-1-2-5-15(14)12-16/h1-12H,13H2. The summed E-state index contributed by atoms with van der Waals surface area (Å²) in [4.78, 5) is 29.0. The lowest BCUT2D eigenvalue weighted by atomic mass is 10.0. The zero-order valence-corrected chi connectivity index (χ0v) is 14.9. The molecule has 1 heterocycles. The third-order valence-electron chi connectivity index (χ3n) is 4.35. The number of benzene rings is 3. The summed E-state index contributed by atoms with van der Waals surface area (Å²) in [5.41, 5.74) is 1.39. The van der Waals surface area contributed by atoms with Crippen LogP contribution in [0.25, 0.3) is 21.7 Å². The van der Waals surface area contributed by atoms with Crippen molar-refractivity contribution in [2.45, 2.75) is 0 Å². The minimum Gasteiger partial charge on any atom is -0.454 e. The van der Waals surface area contributed by atoms with Crippen molar-refractivity contribution in [2.75, 3.05) is 6.61 Å². The number of hydrogen-bond donors (Lipinski definition) is 0. The molecule has 0 bridgehead atoms. The molecule has 4 rings (SSSR count). The summed E-state index contributed by atoms with van der Waals surface area (Å²) in [6.07, 6.45) is 1.65. The van der Waals surface area contributed by atoms with Crippen LogP contribution < -0.4 is 0 Å². The van der Waals surface area contributed by atoms with Gasteiger partial charge in [0.15, 0.2) is 12.4 Å². The molecule has 1 aromatic heterocycles. The lowest BCUT2D eigenvalue weighted by molar-refractivity contribution is 0.0475. The number of esters is 1. The van der Waals surface area contributed by atoms with E-state index in [-0.39, 0.29) is 23.0 Å². The molecule has 0 amide bonds. The number of Topliss-reactive ketones (excluding diaryl/α,β-unsaturated/α-hetero) is 1. The Labute approximate surface area is 160 Å². The highest BCUT2D eigenvalue weighted by Crippen LogP contribution is 2.26. The number of carbonyl (C=O) groups is 2. The molecule has 0 saturated heterocycles. The van der Waals surface area contributed by atoms with Gasteiger partial charge in [0, 0.05) is 17.1 Å². The molecule has 0 aliphatic rings. The molecule has 132 valence electrons. The minimum atomic E-state index is -0.639. The molecule has 0 spiro atoms. The third-order valence-corrected chi connectivity index (χ3v) is 4.75. The molecule has 27 heavy (non-hydrogen) atoms. The fourth-order valence-electron chi connectivity index (χ4n) is 2.93. The number of aromatic nitrogens is 1. The summed E-state index contributed by atoms with van der Waals surface area (Å²) in [7, 11) is 0. The van der Waals surface area contributed by atoms with Gasteiger partial charge in [-0.05, 0) is 41.1 Å². The summed E-state index contributed by atoms with van der Waals surface area (Å²) in [5.74, 6) is -0.910. The number of halogens is 1. The maximum absolute atomic E-state index is 12.4. The van der Waals surface area contributed by atoms with Gasteiger partial charge in [-0.1, -0.05) is 48.0 Å². The van der Waals surface area contributed by atoms with Gasteiger partial charge in [0.25, 0.3) is 0 Å². The Morgan fingerprint density at radius 1 is 0.926 bits per heavy atom. The second-order valence-electron chi connectivity index (χ2n) is 6.06. The second kappa shape index (κ2) is 7.17. The highest BCUT2D eigenvalue weighted by Gasteiger charge is 2.17. The Balaban J connectivity index is 1.51. The molecular formula is C22H14ClNO3. The Bertz CT molecular complexity index is 1190. The number of carbonyl (C=O) groups excluding carboxylic acids is 2. The monoisotopic (exact) mass is 375 g/mol. The number of fused-ring (bicyclic) bond motifs is 2. The van der Waals surface area contributed by atoms with Crippen LogP contribution in [0.2, 0.25) is 5.02 Å². The smallest absolute Gasteiger partial charge is 0.340 e. The van der Waals surface area contributed by atoms with Crippen molar-refractivity contribution < 1.29 is 14.3 Å². The number of hydrogen-bond acceptors (Lipinski definition) is 4. The van der Waals surface area contributed by atoms with Crippen LogP contribution in [0.15, 0.2) is 72.9 Å². The van der Waals surface area contributed by atoms with E-state index >= 15 is 0 Å². The molecule has 0 N–H and O–H groups in total. The molecule has 0 saturated carbocycles. The maximum Gasteiger partial charge on any atom is 0.340 e. The Kier molecular flexibility index (Phi) is 4.57. The van der Waals surface area contributed by atoms with Crippen molar-refractivity contribution >= 4 is 45.0 Å². The Morgan fingerprint density at radius 2 is 1.74 bits per heavy atom. The molecular weight excluding hydrogens is 362 g/mol. The van der Waals surface area contributed by atoms with Crippen LogP contribution in [0.1, 0.15) is 20.7 Å². The van der Waals surface area contributed by atoms with Crippen molar-refractivity contribution in [1.82, 2.24) is 4.98 Å². The first-order chi connectivity index (χ1) is 13.1. The van der Waals surface area contributed by atoms with Gasteiger partial charge >= 0.3 is 5.97 Å². The normalized spacial score (nSPS) is 10.9. The Hall–Kier alpha value is -3.24. The summed E-state index contributed by atoms with van der Waals surface area (Å²) >= 11 is 6.31. The van der Waals surface area contributed by atoms with Gasteiger partial charge in [-0.25, -0.2) is 4.79 Å². The Morgan fingerprint density at radius 3 is 2.59 bits per heavy atom. The average Bonchev–Trinajstić information content (AvgIpc) is 2.72. The van der Waals surface area contributed by atoms with E-state index in [1.807, 2.05) is 30.3 Å². The first-order valence-electron chi connectivity index (χ1n) is 8.36. The van der Waals surface area contributed by atoms with Gasteiger partial charge in [-0.15, -0.1) is 0 Å². The predicted octanol–water partition coefficient (Wildman–Crippen LogP) is 5.08. The van der Waals surface area contributed by atoms with Gasteiger partial charge in [0.1, 0.15) is 0 Å². The average molecular weight is 376 g/mol. The van der Waals surface area contributed by atoms with Crippen molar-refractivity contribution in [3.05, 3.63) is 89.1 Å². The van der Waals surface area contributed by atoms with E-state index < -0.39 is 5.97 Å². The van der Waals surface area contributed by atoms with Crippen LogP contribution in [-0.4, -0.2) is 23.3 Å². The zero-order chi connectivity index (χ0) is 18.8. The lowest BCUT2D eigenvalue weighted by Crippen LogP contribution is -2.14. The molecule has 0 atom stereocenters. The second-order valence-corrected chi connectivity index (χ2v) is 6.44. The van der Waals surface area contributed by atoms with Crippen LogP contribution in [-0.2, 0) is 4.74 Å². The van der Waals surface area contributed by atoms with Gasteiger partial charge in [-0.2, -0.15) is 0 Å². The molecule has 0 aliphatic heterocycles. The van der Waals surface area contributed by atoms with Crippen LogP contribution >= 0.6 is 11.6 Å². The van der Waals surface area contributed by atoms with Crippen molar-refractivity contribution in [1.29, 1.82) is 0 Å². The predicted molar refractivity (Wildman–Crippen MR) is 105 cm³/mol. The summed E-state index contributed by atoms with van der Waals surface area (Å²) in [6.45, 7) is -0.349. The number of rotatable bonds is 4. The molecule has 4 aromatic rings. The summed E-state index contributed by atoms with van der Waals surface area (Å²) in [5, 5.41) is 2.93. The molecule has 0 unspecified atom stereocenters. The minimum absolute atomic E-state index is 0.212. The quantitative estimate of drug-likeness (QED) is 0.368. The molecule has 0 aliphatic carbocycles. The summed E-state index contributed by atoms with van der Waals surface area (Å²) in [6, 6.07) is 19.9. The fourth-order valence-corrected chi connectivity index (χ4v) is 3.23. The zero-order valence-electron chi connectivity index (χ0n) is 14.2. The van der Waals surface area contributed by atoms with E-state index in [0.29, 0.717) is 16.5 Å². The van der Waals surface area contributed by atoms with E-state index in [4.69, 9.17) is 16.3 Å². The van der Waals surface area contributed by atoms with Gasteiger partial charge in [-0.3, -0.25) is 9.78 Å². The lowest BCUT2D eigenvalue weighted by Gasteiger charge is -2.08. The molecule has 0 fully saturated rings. The van der Waals surface area contributed by atoms with Crippen LogP contribution in [0, 0.1) is 0 Å². The van der Waals surface area contributed by atoms with Crippen molar-refractivity contribution in [3.8, 4) is 0 Å². The van der Waals surface area contributed by atoms with Gasteiger partial charge in [0.2, 0.25) is 0 Å². The van der Waals surface area contributed by atoms with E-state index in [2.05, 4.69) is 4.98 Å². The van der Waals surface area contributed by atoms with Crippen molar-refractivity contribution in [3.63, 3.8) is 0 Å². The van der Waals surface area contributed by atoms with Crippen molar-refractivity contribution in [2.24, 2.45) is 0 Å². The van der Waals surface area contributed by atoms with Crippen LogP contribution in [0.3, 0.4) is 0 Å². The number of pyridine rings is 1. The van der Waals surface area contributed by atoms with Crippen LogP contribution in [0.5, 0.6) is 0 Å². The topological polar surface area (TPSA) is 56.3 Å². The molecule has 0 radical (unpaired) electrons.